The zero-order valence-corrected chi connectivity index (χ0v) is 9.48. The van der Waals surface area contributed by atoms with Crippen LogP contribution in [0.3, 0.4) is 0 Å². The highest BCUT2D eigenvalue weighted by Gasteiger charge is 2.25. The monoisotopic (exact) mass is 226 g/mol. The minimum atomic E-state index is -0.505. The zero-order chi connectivity index (χ0) is 10.8. The van der Waals surface area contributed by atoms with Gasteiger partial charge in [0.15, 0.2) is 0 Å². The molecule has 0 fully saturated rings. The summed E-state index contributed by atoms with van der Waals surface area (Å²) >= 11 is 6.00. The topological polar surface area (TPSA) is 38.0 Å². The van der Waals surface area contributed by atoms with Gasteiger partial charge in [-0.2, -0.15) is 5.10 Å². The lowest BCUT2D eigenvalue weighted by Gasteiger charge is -2.24. The van der Waals surface area contributed by atoms with E-state index in [2.05, 4.69) is 17.3 Å². The van der Waals surface area contributed by atoms with E-state index < -0.39 is 6.10 Å². The number of aromatic nitrogens is 2. The molecular formula is C11H15ClN2O. The molecule has 82 valence electrons. The van der Waals surface area contributed by atoms with Crippen LogP contribution in [0, 0.1) is 5.92 Å². The quantitative estimate of drug-likeness (QED) is 0.787. The van der Waals surface area contributed by atoms with Crippen LogP contribution in [0.15, 0.2) is 18.3 Å². The first kappa shape index (κ1) is 10.7. The molecule has 0 bridgehead atoms. The van der Waals surface area contributed by atoms with E-state index in [9.17, 15) is 5.11 Å². The van der Waals surface area contributed by atoms with Crippen molar-refractivity contribution in [1.82, 2.24) is 9.78 Å². The normalized spacial score (nSPS) is 23.0. The molecule has 2 unspecified atom stereocenters. The molecule has 0 aliphatic heterocycles. The van der Waals surface area contributed by atoms with Crippen LogP contribution < -0.4 is 0 Å². The van der Waals surface area contributed by atoms with Gasteiger partial charge in [0.05, 0.1) is 16.9 Å². The van der Waals surface area contributed by atoms with Gasteiger partial charge in [0, 0.05) is 7.05 Å². The fraction of sp³-hybridized carbons (Fsp3) is 0.545. The summed E-state index contributed by atoms with van der Waals surface area (Å²) in [5.74, 6) is 0.267. The predicted octanol–water partition coefficient (Wildman–Crippen LogP) is 2.46. The Morgan fingerprint density at radius 1 is 1.60 bits per heavy atom. The first-order chi connectivity index (χ1) is 7.20. The standard InChI is InChI=1S/C11H15ClN2O/c1-14-10(9(12)7-13-14)11(15)8-5-3-2-4-6-8/h2-3,7-8,11,15H,4-6H2,1H3. The summed E-state index contributed by atoms with van der Waals surface area (Å²) in [6.07, 6.45) is 8.34. The van der Waals surface area contributed by atoms with Crippen molar-refractivity contribution in [3.05, 3.63) is 29.1 Å². The van der Waals surface area contributed by atoms with Gasteiger partial charge in [-0.1, -0.05) is 23.8 Å². The van der Waals surface area contributed by atoms with Crippen LogP contribution in [0.1, 0.15) is 31.1 Å². The number of aliphatic hydroxyl groups is 1. The molecule has 3 nitrogen and oxygen atoms in total. The molecule has 0 spiro atoms. The molecule has 1 N–H and O–H groups in total. The van der Waals surface area contributed by atoms with E-state index in [-0.39, 0.29) is 5.92 Å². The Kier molecular flexibility index (Phi) is 3.12. The largest absolute Gasteiger partial charge is 0.386 e. The maximum absolute atomic E-state index is 10.2. The lowest BCUT2D eigenvalue weighted by atomic mass is 9.88. The number of aryl methyl sites for hydroxylation is 1. The second kappa shape index (κ2) is 4.37. The Bertz CT molecular complexity index is 353. The molecule has 0 saturated carbocycles. The van der Waals surface area contributed by atoms with E-state index in [1.54, 1.807) is 10.9 Å². The van der Waals surface area contributed by atoms with Crippen molar-refractivity contribution in [2.24, 2.45) is 13.0 Å². The number of hydrogen-bond acceptors (Lipinski definition) is 2. The minimum absolute atomic E-state index is 0.267. The smallest absolute Gasteiger partial charge is 0.100 e. The van der Waals surface area contributed by atoms with E-state index in [0.29, 0.717) is 5.02 Å². The van der Waals surface area contributed by atoms with Crippen molar-refractivity contribution in [1.29, 1.82) is 0 Å². The van der Waals surface area contributed by atoms with Crippen LogP contribution >= 0.6 is 11.6 Å². The molecule has 2 rings (SSSR count). The highest BCUT2D eigenvalue weighted by atomic mass is 35.5. The maximum atomic E-state index is 10.2. The van der Waals surface area contributed by atoms with Gasteiger partial charge in [-0.05, 0) is 25.2 Å². The van der Waals surface area contributed by atoms with Gasteiger partial charge in [0.25, 0.3) is 0 Å². The van der Waals surface area contributed by atoms with Crippen LogP contribution in [0.4, 0.5) is 0 Å². The van der Waals surface area contributed by atoms with E-state index in [4.69, 9.17) is 11.6 Å². The molecule has 1 heterocycles. The fourth-order valence-electron chi connectivity index (χ4n) is 2.08. The second-order valence-corrected chi connectivity index (χ2v) is 4.40. The third-order valence-corrected chi connectivity index (χ3v) is 3.27. The maximum Gasteiger partial charge on any atom is 0.100 e. The van der Waals surface area contributed by atoms with Gasteiger partial charge in [0.2, 0.25) is 0 Å². The van der Waals surface area contributed by atoms with Crippen molar-refractivity contribution in [3.63, 3.8) is 0 Å². The van der Waals surface area contributed by atoms with Crippen LogP contribution in [0.25, 0.3) is 0 Å². The molecule has 0 radical (unpaired) electrons. The van der Waals surface area contributed by atoms with E-state index >= 15 is 0 Å². The van der Waals surface area contributed by atoms with Gasteiger partial charge in [0.1, 0.15) is 6.10 Å². The lowest BCUT2D eigenvalue weighted by molar-refractivity contribution is 0.0946. The molecule has 1 aromatic heterocycles. The molecule has 0 saturated heterocycles. The predicted molar refractivity (Wildman–Crippen MR) is 59.7 cm³/mol. The van der Waals surface area contributed by atoms with Crippen molar-refractivity contribution in [3.8, 4) is 0 Å². The summed E-state index contributed by atoms with van der Waals surface area (Å²) in [6.45, 7) is 0. The SMILES string of the molecule is Cn1ncc(Cl)c1C(O)C1CC=CCC1. The molecule has 0 amide bonds. The lowest BCUT2D eigenvalue weighted by Crippen LogP contribution is -2.17. The Morgan fingerprint density at radius 3 is 2.93 bits per heavy atom. The van der Waals surface area contributed by atoms with Crippen LogP contribution in [0.2, 0.25) is 5.02 Å². The summed E-state index contributed by atoms with van der Waals surface area (Å²) in [5.41, 5.74) is 0.733. The van der Waals surface area contributed by atoms with Gasteiger partial charge in [-0.25, -0.2) is 0 Å². The Labute approximate surface area is 94.4 Å². The number of rotatable bonds is 2. The molecule has 0 aromatic carbocycles. The highest BCUT2D eigenvalue weighted by Crippen LogP contribution is 2.34. The van der Waals surface area contributed by atoms with E-state index in [0.717, 1.165) is 25.0 Å². The summed E-state index contributed by atoms with van der Waals surface area (Å²) in [6, 6.07) is 0. The molecule has 2 atom stereocenters. The van der Waals surface area contributed by atoms with Crippen LogP contribution in [-0.4, -0.2) is 14.9 Å². The van der Waals surface area contributed by atoms with Crippen molar-refractivity contribution >= 4 is 11.6 Å². The fourth-order valence-corrected chi connectivity index (χ4v) is 2.36. The second-order valence-electron chi connectivity index (χ2n) is 3.99. The average Bonchev–Trinajstić information content (AvgIpc) is 2.59. The molecule has 1 aliphatic carbocycles. The molecule has 4 heteroatoms. The Hall–Kier alpha value is -0.800. The minimum Gasteiger partial charge on any atom is -0.386 e. The first-order valence-electron chi connectivity index (χ1n) is 5.20. The first-order valence-corrected chi connectivity index (χ1v) is 5.58. The summed E-state index contributed by atoms with van der Waals surface area (Å²) in [7, 11) is 1.81. The molecular weight excluding hydrogens is 212 g/mol. The van der Waals surface area contributed by atoms with E-state index in [1.165, 1.54) is 0 Å². The van der Waals surface area contributed by atoms with E-state index in [1.807, 2.05) is 7.05 Å². The Morgan fingerprint density at radius 2 is 2.40 bits per heavy atom. The molecule has 1 aromatic rings. The van der Waals surface area contributed by atoms with Gasteiger partial charge in [-0.3, -0.25) is 4.68 Å². The Balaban J connectivity index is 2.19. The molecule has 1 aliphatic rings. The summed E-state index contributed by atoms with van der Waals surface area (Å²) < 4.78 is 1.66. The van der Waals surface area contributed by atoms with Crippen LogP contribution in [0.5, 0.6) is 0 Å². The van der Waals surface area contributed by atoms with Gasteiger partial charge < -0.3 is 5.11 Å². The number of allylic oxidation sites excluding steroid dienone is 2. The van der Waals surface area contributed by atoms with Gasteiger partial charge in [-0.15, -0.1) is 0 Å². The molecule has 15 heavy (non-hydrogen) atoms. The van der Waals surface area contributed by atoms with Crippen LogP contribution in [-0.2, 0) is 7.05 Å². The third-order valence-electron chi connectivity index (χ3n) is 2.97. The number of hydrogen-bond donors (Lipinski definition) is 1. The van der Waals surface area contributed by atoms with Crippen molar-refractivity contribution in [2.45, 2.75) is 25.4 Å². The number of halogens is 1. The van der Waals surface area contributed by atoms with Crippen molar-refractivity contribution < 1.29 is 5.11 Å². The third kappa shape index (κ3) is 2.08. The van der Waals surface area contributed by atoms with Gasteiger partial charge >= 0.3 is 0 Å². The average molecular weight is 227 g/mol. The number of aliphatic hydroxyl groups excluding tert-OH is 1. The van der Waals surface area contributed by atoms with Crippen molar-refractivity contribution in [2.75, 3.05) is 0 Å². The summed E-state index contributed by atoms with van der Waals surface area (Å²) in [4.78, 5) is 0. The zero-order valence-electron chi connectivity index (χ0n) is 8.73. The number of nitrogens with zero attached hydrogens (tertiary/aromatic N) is 2. The summed E-state index contributed by atoms with van der Waals surface area (Å²) in [5, 5.41) is 14.8. The highest BCUT2D eigenvalue weighted by molar-refractivity contribution is 6.31.